The van der Waals surface area contributed by atoms with Gasteiger partial charge in [0, 0.05) is 18.3 Å². The summed E-state index contributed by atoms with van der Waals surface area (Å²) in [4.78, 5) is 4.53. The Labute approximate surface area is 130 Å². The first-order valence-corrected chi connectivity index (χ1v) is 8.62. The van der Waals surface area contributed by atoms with Crippen LogP contribution in [0, 0.1) is 12.7 Å². The van der Waals surface area contributed by atoms with Gasteiger partial charge in [-0.3, -0.25) is 0 Å². The number of rotatable bonds is 5. The van der Waals surface area contributed by atoms with Crippen LogP contribution in [0.1, 0.15) is 30.9 Å². The maximum absolute atomic E-state index is 13.5. The van der Waals surface area contributed by atoms with Crippen LogP contribution in [0.2, 0.25) is 0 Å². The molecule has 1 aromatic rings. The van der Waals surface area contributed by atoms with Crippen molar-refractivity contribution < 1.29 is 4.39 Å². The number of aryl methyl sites for hydroxylation is 1. The normalized spacial score (nSPS) is 18.8. The van der Waals surface area contributed by atoms with Crippen molar-refractivity contribution >= 4 is 17.7 Å². The fraction of sp³-hybridized carbons (Fsp3) is 0.562. The van der Waals surface area contributed by atoms with Crippen LogP contribution in [0.15, 0.2) is 23.2 Å². The van der Waals surface area contributed by atoms with Gasteiger partial charge in [-0.1, -0.05) is 12.1 Å². The summed E-state index contributed by atoms with van der Waals surface area (Å²) in [5, 5.41) is 7.31. The number of halogens is 1. The molecule has 0 amide bonds. The van der Waals surface area contributed by atoms with Crippen LogP contribution in [0.3, 0.4) is 0 Å². The highest BCUT2D eigenvalue weighted by Gasteiger charge is 2.15. The van der Waals surface area contributed by atoms with Gasteiger partial charge in [-0.2, -0.15) is 11.8 Å². The molecule has 21 heavy (non-hydrogen) atoms. The van der Waals surface area contributed by atoms with Gasteiger partial charge in [-0.15, -0.1) is 0 Å². The van der Waals surface area contributed by atoms with Crippen LogP contribution < -0.4 is 10.6 Å². The van der Waals surface area contributed by atoms with Crippen LogP contribution in [0.4, 0.5) is 4.39 Å². The molecule has 0 radical (unpaired) electrons. The maximum atomic E-state index is 13.5. The van der Waals surface area contributed by atoms with E-state index in [1.165, 1.54) is 18.6 Å². The monoisotopic (exact) mass is 309 g/mol. The van der Waals surface area contributed by atoms with Crippen molar-refractivity contribution in [1.82, 2.24) is 10.6 Å². The molecule has 0 aliphatic carbocycles. The molecule has 1 unspecified atom stereocenters. The molecule has 1 aromatic carbocycles. The van der Waals surface area contributed by atoms with E-state index < -0.39 is 0 Å². The second-order valence-electron chi connectivity index (χ2n) is 5.29. The molecule has 1 aliphatic heterocycles. The van der Waals surface area contributed by atoms with Gasteiger partial charge < -0.3 is 10.6 Å². The lowest BCUT2D eigenvalue weighted by atomic mass is 10.1. The standard InChI is InChI=1S/C16H24FN3S/c1-3-18-16(20-11-14-5-4-8-21-14)19-10-13-7-6-12(2)15(17)9-13/h6-7,9,14H,3-5,8,10-11H2,1-2H3,(H2,18,19,20). The van der Waals surface area contributed by atoms with E-state index in [0.717, 1.165) is 24.6 Å². The first-order valence-electron chi connectivity index (χ1n) is 7.58. The van der Waals surface area contributed by atoms with Gasteiger partial charge in [0.15, 0.2) is 5.96 Å². The Morgan fingerprint density at radius 3 is 2.95 bits per heavy atom. The Kier molecular flexibility index (Phi) is 6.36. The largest absolute Gasteiger partial charge is 0.357 e. The number of benzene rings is 1. The quantitative estimate of drug-likeness (QED) is 0.648. The highest BCUT2D eigenvalue weighted by atomic mass is 32.2. The molecule has 1 atom stereocenters. The van der Waals surface area contributed by atoms with Crippen LogP contribution in [0.5, 0.6) is 0 Å². The van der Waals surface area contributed by atoms with E-state index in [1.807, 2.05) is 24.8 Å². The highest BCUT2D eigenvalue weighted by molar-refractivity contribution is 8.00. The van der Waals surface area contributed by atoms with Crippen molar-refractivity contribution in [2.45, 2.75) is 38.5 Å². The molecular weight excluding hydrogens is 285 g/mol. The van der Waals surface area contributed by atoms with Crippen molar-refractivity contribution in [3.05, 3.63) is 35.1 Å². The van der Waals surface area contributed by atoms with Gasteiger partial charge in [0.25, 0.3) is 0 Å². The minimum atomic E-state index is -0.164. The van der Waals surface area contributed by atoms with E-state index in [9.17, 15) is 4.39 Å². The third kappa shape index (κ3) is 5.23. The SMILES string of the molecule is CCNC(=NCc1ccc(C)c(F)c1)NCC1CCCS1. The Morgan fingerprint density at radius 1 is 1.43 bits per heavy atom. The van der Waals surface area contributed by atoms with Crippen LogP contribution in [-0.4, -0.2) is 30.1 Å². The number of nitrogens with zero attached hydrogens (tertiary/aromatic N) is 1. The predicted molar refractivity (Wildman–Crippen MR) is 89.4 cm³/mol. The average Bonchev–Trinajstić information content (AvgIpc) is 2.99. The highest BCUT2D eigenvalue weighted by Crippen LogP contribution is 2.25. The Balaban J connectivity index is 1.90. The number of thioether (sulfide) groups is 1. The van der Waals surface area contributed by atoms with Crippen molar-refractivity contribution in [3.8, 4) is 0 Å². The third-order valence-corrected chi connectivity index (χ3v) is 4.92. The number of hydrogen-bond donors (Lipinski definition) is 2. The summed E-state index contributed by atoms with van der Waals surface area (Å²) in [5.74, 6) is 1.91. The van der Waals surface area contributed by atoms with E-state index in [1.54, 1.807) is 19.1 Å². The molecule has 0 bridgehead atoms. The molecule has 0 spiro atoms. The van der Waals surface area contributed by atoms with E-state index in [2.05, 4.69) is 15.6 Å². The summed E-state index contributed by atoms with van der Waals surface area (Å²) in [5.41, 5.74) is 1.57. The fourth-order valence-corrected chi connectivity index (χ4v) is 3.46. The number of aliphatic imine (C=N–C) groups is 1. The maximum Gasteiger partial charge on any atom is 0.191 e. The van der Waals surface area contributed by atoms with Gasteiger partial charge >= 0.3 is 0 Å². The van der Waals surface area contributed by atoms with E-state index in [-0.39, 0.29) is 5.82 Å². The van der Waals surface area contributed by atoms with Gasteiger partial charge in [0.05, 0.1) is 6.54 Å². The lowest BCUT2D eigenvalue weighted by molar-refractivity contribution is 0.616. The molecule has 1 aliphatic rings. The first kappa shape index (κ1) is 16.1. The van der Waals surface area contributed by atoms with Crippen LogP contribution >= 0.6 is 11.8 Å². The Bertz CT molecular complexity index is 484. The smallest absolute Gasteiger partial charge is 0.191 e. The number of guanidine groups is 1. The minimum Gasteiger partial charge on any atom is -0.357 e. The zero-order valence-corrected chi connectivity index (χ0v) is 13.6. The van der Waals surface area contributed by atoms with E-state index in [0.29, 0.717) is 17.4 Å². The van der Waals surface area contributed by atoms with Crippen molar-refractivity contribution in [3.63, 3.8) is 0 Å². The molecule has 3 nitrogen and oxygen atoms in total. The second-order valence-corrected chi connectivity index (χ2v) is 6.70. The molecule has 1 fully saturated rings. The fourth-order valence-electron chi connectivity index (χ4n) is 2.26. The second kappa shape index (κ2) is 8.27. The molecular formula is C16H24FN3S. The van der Waals surface area contributed by atoms with Gasteiger partial charge in [-0.05, 0) is 49.6 Å². The lowest BCUT2D eigenvalue weighted by Gasteiger charge is -2.14. The summed E-state index contributed by atoms with van der Waals surface area (Å²) >= 11 is 2.03. The van der Waals surface area contributed by atoms with E-state index in [4.69, 9.17) is 0 Å². The molecule has 2 N–H and O–H groups in total. The zero-order valence-electron chi connectivity index (χ0n) is 12.8. The summed E-state index contributed by atoms with van der Waals surface area (Å²) in [6.07, 6.45) is 2.59. The summed E-state index contributed by atoms with van der Waals surface area (Å²) in [6, 6.07) is 5.29. The molecule has 0 aromatic heterocycles. The molecule has 0 saturated carbocycles. The number of nitrogens with one attached hydrogen (secondary N) is 2. The topological polar surface area (TPSA) is 36.4 Å². The minimum absolute atomic E-state index is 0.164. The van der Waals surface area contributed by atoms with E-state index >= 15 is 0 Å². The average molecular weight is 309 g/mol. The zero-order chi connectivity index (χ0) is 15.1. The van der Waals surface area contributed by atoms with Gasteiger partial charge in [-0.25, -0.2) is 9.38 Å². The van der Waals surface area contributed by atoms with Crippen LogP contribution in [0.25, 0.3) is 0 Å². The molecule has 5 heteroatoms. The molecule has 1 saturated heterocycles. The van der Waals surface area contributed by atoms with Gasteiger partial charge in [0.2, 0.25) is 0 Å². The van der Waals surface area contributed by atoms with Gasteiger partial charge in [0.1, 0.15) is 5.82 Å². The Hall–Kier alpha value is -1.23. The first-order chi connectivity index (χ1) is 10.2. The molecule has 116 valence electrons. The summed E-state index contributed by atoms with van der Waals surface area (Å²) in [7, 11) is 0. The Morgan fingerprint density at radius 2 is 2.29 bits per heavy atom. The summed E-state index contributed by atoms with van der Waals surface area (Å²) < 4.78 is 13.5. The van der Waals surface area contributed by atoms with Crippen molar-refractivity contribution in [2.24, 2.45) is 4.99 Å². The van der Waals surface area contributed by atoms with Crippen LogP contribution in [-0.2, 0) is 6.54 Å². The predicted octanol–water partition coefficient (Wildman–Crippen LogP) is 3.08. The van der Waals surface area contributed by atoms with Crippen molar-refractivity contribution in [1.29, 1.82) is 0 Å². The molecule has 2 rings (SSSR count). The van der Waals surface area contributed by atoms with Crippen molar-refractivity contribution in [2.75, 3.05) is 18.8 Å². The lowest BCUT2D eigenvalue weighted by Crippen LogP contribution is -2.40. The molecule has 1 heterocycles. The third-order valence-electron chi connectivity index (χ3n) is 3.52. The number of hydrogen-bond acceptors (Lipinski definition) is 2. The summed E-state index contributed by atoms with van der Waals surface area (Å²) in [6.45, 7) is 6.08.